The SMILES string of the molecule is NCc1nnn(Cc2ccccc2Cl)c1C1CC1. The van der Waals surface area contributed by atoms with Gasteiger partial charge in [0.15, 0.2) is 0 Å². The molecule has 0 radical (unpaired) electrons. The zero-order valence-corrected chi connectivity index (χ0v) is 10.8. The van der Waals surface area contributed by atoms with Crippen LogP contribution in [0.25, 0.3) is 0 Å². The van der Waals surface area contributed by atoms with Gasteiger partial charge in [-0.2, -0.15) is 0 Å². The lowest BCUT2D eigenvalue weighted by atomic mass is 10.2. The third kappa shape index (κ3) is 2.13. The molecule has 3 rings (SSSR count). The van der Waals surface area contributed by atoms with Crippen molar-refractivity contribution in [3.8, 4) is 0 Å². The number of hydrogen-bond donors (Lipinski definition) is 1. The summed E-state index contributed by atoms with van der Waals surface area (Å²) in [5, 5.41) is 9.15. The van der Waals surface area contributed by atoms with Crippen LogP contribution in [0.3, 0.4) is 0 Å². The zero-order valence-electron chi connectivity index (χ0n) is 10.0. The summed E-state index contributed by atoms with van der Waals surface area (Å²) < 4.78 is 1.95. The molecule has 1 saturated carbocycles. The average molecular weight is 263 g/mol. The van der Waals surface area contributed by atoms with Crippen LogP contribution in [0.4, 0.5) is 0 Å². The van der Waals surface area contributed by atoms with Crippen molar-refractivity contribution in [3.63, 3.8) is 0 Å². The van der Waals surface area contributed by atoms with E-state index >= 15 is 0 Å². The average Bonchev–Trinajstić information content (AvgIpc) is 3.14. The maximum Gasteiger partial charge on any atom is 0.0997 e. The molecule has 1 aromatic heterocycles. The molecule has 1 aliphatic rings. The van der Waals surface area contributed by atoms with Crippen LogP contribution in [-0.4, -0.2) is 15.0 Å². The van der Waals surface area contributed by atoms with Crippen LogP contribution in [0.2, 0.25) is 5.02 Å². The fourth-order valence-corrected chi connectivity index (χ4v) is 2.41. The van der Waals surface area contributed by atoms with E-state index in [1.165, 1.54) is 18.5 Å². The Bertz CT molecular complexity index is 560. The van der Waals surface area contributed by atoms with Gasteiger partial charge in [0.05, 0.1) is 17.9 Å². The molecule has 1 aromatic carbocycles. The van der Waals surface area contributed by atoms with Crippen molar-refractivity contribution in [2.75, 3.05) is 0 Å². The molecule has 4 nitrogen and oxygen atoms in total. The van der Waals surface area contributed by atoms with Crippen LogP contribution in [0.5, 0.6) is 0 Å². The number of hydrogen-bond acceptors (Lipinski definition) is 3. The molecule has 0 atom stereocenters. The minimum absolute atomic E-state index is 0.453. The minimum atomic E-state index is 0.453. The van der Waals surface area contributed by atoms with Crippen LogP contribution in [0.15, 0.2) is 24.3 Å². The second-order valence-electron chi connectivity index (χ2n) is 4.65. The van der Waals surface area contributed by atoms with Gasteiger partial charge in [-0.3, -0.25) is 0 Å². The van der Waals surface area contributed by atoms with Crippen molar-refractivity contribution >= 4 is 11.6 Å². The Morgan fingerprint density at radius 3 is 2.78 bits per heavy atom. The lowest BCUT2D eigenvalue weighted by Crippen LogP contribution is -2.08. The summed E-state index contributed by atoms with van der Waals surface area (Å²) >= 11 is 6.18. The first-order valence-electron chi connectivity index (χ1n) is 6.15. The highest BCUT2D eigenvalue weighted by atomic mass is 35.5. The molecular formula is C13H15ClN4. The number of halogens is 1. The number of aromatic nitrogens is 3. The van der Waals surface area contributed by atoms with Crippen LogP contribution in [0, 0.1) is 0 Å². The summed E-state index contributed by atoms with van der Waals surface area (Å²) in [6, 6.07) is 7.83. The van der Waals surface area contributed by atoms with Gasteiger partial charge in [-0.15, -0.1) is 5.10 Å². The Morgan fingerprint density at radius 1 is 1.33 bits per heavy atom. The number of nitrogens with zero attached hydrogens (tertiary/aromatic N) is 3. The van der Waals surface area contributed by atoms with Gasteiger partial charge in [0.25, 0.3) is 0 Å². The van der Waals surface area contributed by atoms with Crippen LogP contribution in [0.1, 0.15) is 35.7 Å². The van der Waals surface area contributed by atoms with Crippen LogP contribution < -0.4 is 5.73 Å². The van der Waals surface area contributed by atoms with Gasteiger partial charge in [-0.05, 0) is 24.5 Å². The first kappa shape index (κ1) is 11.7. The molecule has 0 bridgehead atoms. The Kier molecular flexibility index (Phi) is 3.06. The highest BCUT2D eigenvalue weighted by Crippen LogP contribution is 2.41. The van der Waals surface area contributed by atoms with E-state index in [9.17, 15) is 0 Å². The topological polar surface area (TPSA) is 56.7 Å². The normalized spacial score (nSPS) is 15.0. The van der Waals surface area contributed by atoms with Crippen LogP contribution in [-0.2, 0) is 13.1 Å². The molecule has 2 aromatic rings. The Morgan fingerprint density at radius 2 is 2.11 bits per heavy atom. The molecule has 0 aliphatic heterocycles. The second kappa shape index (κ2) is 4.71. The zero-order chi connectivity index (χ0) is 12.5. The minimum Gasteiger partial charge on any atom is -0.325 e. The molecule has 94 valence electrons. The Hall–Kier alpha value is -1.39. The van der Waals surface area contributed by atoms with Gasteiger partial charge in [0.2, 0.25) is 0 Å². The maximum atomic E-state index is 6.18. The van der Waals surface area contributed by atoms with E-state index < -0.39 is 0 Å². The summed E-state index contributed by atoms with van der Waals surface area (Å²) in [4.78, 5) is 0. The predicted octanol–water partition coefficient (Wildman–Crippen LogP) is 2.32. The van der Waals surface area contributed by atoms with Gasteiger partial charge in [0.1, 0.15) is 0 Å². The van der Waals surface area contributed by atoms with Crippen LogP contribution >= 0.6 is 11.6 Å². The molecule has 5 heteroatoms. The van der Waals surface area contributed by atoms with Crippen molar-refractivity contribution in [2.24, 2.45) is 5.73 Å². The van der Waals surface area contributed by atoms with E-state index in [4.69, 9.17) is 17.3 Å². The smallest absolute Gasteiger partial charge is 0.0997 e. The summed E-state index contributed by atoms with van der Waals surface area (Å²) in [5.74, 6) is 0.584. The fourth-order valence-electron chi connectivity index (χ4n) is 2.21. The van der Waals surface area contributed by atoms with E-state index in [1.54, 1.807) is 0 Å². The van der Waals surface area contributed by atoms with E-state index in [-0.39, 0.29) is 0 Å². The second-order valence-corrected chi connectivity index (χ2v) is 5.06. The number of rotatable bonds is 4. The monoisotopic (exact) mass is 262 g/mol. The maximum absolute atomic E-state index is 6.18. The largest absolute Gasteiger partial charge is 0.325 e. The van der Waals surface area contributed by atoms with Gasteiger partial charge >= 0.3 is 0 Å². The third-order valence-electron chi connectivity index (χ3n) is 3.28. The van der Waals surface area contributed by atoms with E-state index in [2.05, 4.69) is 10.3 Å². The molecule has 0 spiro atoms. The lowest BCUT2D eigenvalue weighted by molar-refractivity contribution is 0.619. The van der Waals surface area contributed by atoms with Gasteiger partial charge in [0, 0.05) is 17.5 Å². The molecule has 1 aliphatic carbocycles. The lowest BCUT2D eigenvalue weighted by Gasteiger charge is -2.08. The Labute approximate surface area is 111 Å². The summed E-state index contributed by atoms with van der Waals surface area (Å²) in [5.41, 5.74) is 8.89. The number of nitrogens with two attached hydrogens (primary N) is 1. The summed E-state index contributed by atoms with van der Waals surface area (Å²) in [6.45, 7) is 1.12. The van der Waals surface area contributed by atoms with Crippen molar-refractivity contribution in [3.05, 3.63) is 46.2 Å². The fraction of sp³-hybridized carbons (Fsp3) is 0.385. The van der Waals surface area contributed by atoms with Gasteiger partial charge in [-0.25, -0.2) is 4.68 Å². The molecule has 0 amide bonds. The molecule has 1 fully saturated rings. The predicted molar refractivity (Wildman–Crippen MR) is 70.4 cm³/mol. The third-order valence-corrected chi connectivity index (χ3v) is 3.65. The van der Waals surface area contributed by atoms with E-state index in [1.807, 2.05) is 28.9 Å². The van der Waals surface area contributed by atoms with E-state index in [0.717, 1.165) is 16.3 Å². The quantitative estimate of drug-likeness (QED) is 0.920. The standard InChI is InChI=1S/C13H15ClN4/c14-11-4-2-1-3-10(11)8-18-13(9-5-6-9)12(7-15)16-17-18/h1-4,9H,5-8,15H2. The highest BCUT2D eigenvalue weighted by Gasteiger charge is 2.30. The van der Waals surface area contributed by atoms with Crippen molar-refractivity contribution in [1.29, 1.82) is 0 Å². The molecule has 0 saturated heterocycles. The highest BCUT2D eigenvalue weighted by molar-refractivity contribution is 6.31. The molecule has 1 heterocycles. The van der Waals surface area contributed by atoms with Gasteiger partial charge < -0.3 is 5.73 Å². The summed E-state index contributed by atoms with van der Waals surface area (Å²) in [7, 11) is 0. The molecular weight excluding hydrogens is 248 g/mol. The van der Waals surface area contributed by atoms with Crippen molar-refractivity contribution < 1.29 is 0 Å². The van der Waals surface area contributed by atoms with Gasteiger partial charge in [-0.1, -0.05) is 35.0 Å². The van der Waals surface area contributed by atoms with E-state index in [0.29, 0.717) is 19.0 Å². The number of benzene rings is 1. The molecule has 0 unspecified atom stereocenters. The summed E-state index contributed by atoms with van der Waals surface area (Å²) in [6.07, 6.45) is 2.42. The Balaban J connectivity index is 1.93. The molecule has 2 N–H and O–H groups in total. The molecule has 18 heavy (non-hydrogen) atoms. The van der Waals surface area contributed by atoms with Crippen molar-refractivity contribution in [1.82, 2.24) is 15.0 Å². The van der Waals surface area contributed by atoms with Crippen molar-refractivity contribution in [2.45, 2.75) is 31.8 Å². The first-order valence-corrected chi connectivity index (χ1v) is 6.53. The first-order chi connectivity index (χ1) is 8.79.